The zero-order valence-corrected chi connectivity index (χ0v) is 14.0. The van der Waals surface area contributed by atoms with E-state index < -0.39 is 0 Å². The molecule has 0 aliphatic carbocycles. The van der Waals surface area contributed by atoms with Crippen LogP contribution in [0.5, 0.6) is 5.75 Å². The lowest BCUT2D eigenvalue weighted by atomic mass is 10.1. The Kier molecular flexibility index (Phi) is 5.71. The van der Waals surface area contributed by atoms with Crippen LogP contribution in [0.15, 0.2) is 52.3 Å². The van der Waals surface area contributed by atoms with E-state index in [0.717, 1.165) is 12.3 Å². The largest absolute Gasteiger partial charge is 0.497 e. The molecule has 0 aliphatic rings. The maximum atomic E-state index is 5.18. The minimum Gasteiger partial charge on any atom is -0.497 e. The Morgan fingerprint density at radius 2 is 1.71 bits per heavy atom. The highest BCUT2D eigenvalue weighted by atomic mass is 32.2. The molecule has 0 fully saturated rings. The summed E-state index contributed by atoms with van der Waals surface area (Å²) < 4.78 is 5.18. The fraction of sp³-hybridized carbons (Fsp3) is 0.333. The minimum atomic E-state index is 0.512. The van der Waals surface area contributed by atoms with E-state index in [0.29, 0.717) is 6.04 Å². The van der Waals surface area contributed by atoms with Crippen LogP contribution >= 0.6 is 11.8 Å². The third kappa shape index (κ3) is 4.80. The second-order valence-corrected chi connectivity index (χ2v) is 6.55. The normalized spacial score (nSPS) is 10.9. The monoisotopic (exact) mass is 301 g/mol. The fourth-order valence-electron chi connectivity index (χ4n) is 2.02. The lowest BCUT2D eigenvalue weighted by Gasteiger charge is -2.12. The molecule has 0 spiro atoms. The van der Waals surface area contributed by atoms with E-state index >= 15 is 0 Å². The molecule has 2 aromatic rings. The summed E-state index contributed by atoms with van der Waals surface area (Å²) in [6.07, 6.45) is 0. The molecular formula is C18H23NOS. The Morgan fingerprint density at radius 1 is 1.05 bits per heavy atom. The van der Waals surface area contributed by atoms with E-state index in [9.17, 15) is 0 Å². The van der Waals surface area contributed by atoms with E-state index in [2.05, 4.69) is 56.4 Å². The Balaban J connectivity index is 2.05. The second-order valence-electron chi connectivity index (χ2n) is 5.40. The number of rotatable bonds is 6. The van der Waals surface area contributed by atoms with Gasteiger partial charge >= 0.3 is 0 Å². The van der Waals surface area contributed by atoms with E-state index in [1.54, 1.807) is 18.9 Å². The van der Waals surface area contributed by atoms with Gasteiger partial charge in [0.15, 0.2) is 0 Å². The molecule has 0 aromatic heterocycles. The Morgan fingerprint density at radius 3 is 2.29 bits per heavy atom. The average Bonchev–Trinajstić information content (AvgIpc) is 2.47. The van der Waals surface area contributed by atoms with Gasteiger partial charge < -0.3 is 10.1 Å². The van der Waals surface area contributed by atoms with Gasteiger partial charge in [-0.25, -0.2) is 0 Å². The first-order valence-electron chi connectivity index (χ1n) is 7.23. The molecular weight excluding hydrogens is 278 g/mol. The summed E-state index contributed by atoms with van der Waals surface area (Å²) in [5.41, 5.74) is 2.70. The van der Waals surface area contributed by atoms with Crippen molar-refractivity contribution in [3.05, 3.63) is 53.6 Å². The Hall–Kier alpha value is -1.45. The predicted molar refractivity (Wildman–Crippen MR) is 90.3 cm³/mol. The molecule has 0 atom stereocenters. The number of hydrogen-bond acceptors (Lipinski definition) is 3. The molecule has 112 valence electrons. The van der Waals surface area contributed by atoms with Gasteiger partial charge in [0.25, 0.3) is 0 Å². The molecule has 0 saturated carbocycles. The summed E-state index contributed by atoms with van der Waals surface area (Å²) in [5.74, 6) is 0.894. The third-order valence-corrected chi connectivity index (χ3v) is 4.31. The topological polar surface area (TPSA) is 21.3 Å². The van der Waals surface area contributed by atoms with Crippen LogP contribution in [0.2, 0.25) is 0 Å². The summed E-state index contributed by atoms with van der Waals surface area (Å²) >= 11 is 1.78. The van der Waals surface area contributed by atoms with Crippen LogP contribution in [0.1, 0.15) is 25.0 Å². The zero-order chi connectivity index (χ0) is 15.2. The van der Waals surface area contributed by atoms with Crippen LogP contribution in [0.25, 0.3) is 0 Å². The van der Waals surface area contributed by atoms with E-state index in [1.807, 2.05) is 12.1 Å². The molecule has 3 heteroatoms. The molecule has 0 aliphatic heterocycles. The van der Waals surface area contributed by atoms with Crippen molar-refractivity contribution in [3.63, 3.8) is 0 Å². The molecule has 2 nitrogen and oxygen atoms in total. The highest BCUT2D eigenvalue weighted by Crippen LogP contribution is 2.30. The summed E-state index contributed by atoms with van der Waals surface area (Å²) in [5, 5.41) is 3.46. The lowest BCUT2D eigenvalue weighted by molar-refractivity contribution is 0.414. The quantitative estimate of drug-likeness (QED) is 0.839. The maximum absolute atomic E-state index is 5.18. The van der Waals surface area contributed by atoms with Crippen LogP contribution in [0, 0.1) is 6.92 Å². The van der Waals surface area contributed by atoms with Gasteiger partial charge in [-0.1, -0.05) is 31.7 Å². The van der Waals surface area contributed by atoms with Crippen LogP contribution in [-0.4, -0.2) is 13.2 Å². The van der Waals surface area contributed by atoms with Gasteiger partial charge in [0.1, 0.15) is 5.75 Å². The van der Waals surface area contributed by atoms with Crippen LogP contribution in [0.3, 0.4) is 0 Å². The Bertz CT molecular complexity index is 578. The fourth-order valence-corrected chi connectivity index (χ4v) is 2.94. The number of aryl methyl sites for hydroxylation is 1. The highest BCUT2D eigenvalue weighted by Gasteiger charge is 2.03. The number of ether oxygens (including phenoxy) is 1. The van der Waals surface area contributed by atoms with Crippen molar-refractivity contribution in [2.45, 2.75) is 43.1 Å². The van der Waals surface area contributed by atoms with Crippen LogP contribution < -0.4 is 10.1 Å². The molecule has 21 heavy (non-hydrogen) atoms. The summed E-state index contributed by atoms with van der Waals surface area (Å²) in [4.78, 5) is 2.49. The van der Waals surface area contributed by atoms with Gasteiger partial charge in [0.2, 0.25) is 0 Å². The van der Waals surface area contributed by atoms with Gasteiger partial charge in [-0.05, 0) is 54.4 Å². The number of hydrogen-bond donors (Lipinski definition) is 1. The summed E-state index contributed by atoms with van der Waals surface area (Å²) in [6, 6.07) is 15.4. The molecule has 0 saturated heterocycles. The van der Waals surface area contributed by atoms with Crippen molar-refractivity contribution in [1.82, 2.24) is 5.32 Å². The first-order valence-corrected chi connectivity index (χ1v) is 8.05. The molecule has 0 amide bonds. The van der Waals surface area contributed by atoms with Gasteiger partial charge in [0, 0.05) is 22.4 Å². The van der Waals surface area contributed by atoms with Crippen LogP contribution in [0.4, 0.5) is 0 Å². The number of nitrogens with one attached hydrogen (secondary N) is 1. The van der Waals surface area contributed by atoms with Gasteiger partial charge in [-0.3, -0.25) is 0 Å². The van der Waals surface area contributed by atoms with Crippen molar-refractivity contribution >= 4 is 11.8 Å². The summed E-state index contributed by atoms with van der Waals surface area (Å²) in [7, 11) is 1.69. The SMILES string of the molecule is COc1ccc(Sc2ccc(CNC(C)C)c(C)c2)cc1. The molecule has 2 aromatic carbocycles. The zero-order valence-electron chi connectivity index (χ0n) is 13.1. The van der Waals surface area contributed by atoms with Crippen molar-refractivity contribution in [2.75, 3.05) is 7.11 Å². The van der Waals surface area contributed by atoms with Crippen molar-refractivity contribution < 1.29 is 4.74 Å². The van der Waals surface area contributed by atoms with E-state index in [4.69, 9.17) is 4.74 Å². The first kappa shape index (κ1) is 15.9. The molecule has 1 N–H and O–H groups in total. The highest BCUT2D eigenvalue weighted by molar-refractivity contribution is 7.99. The van der Waals surface area contributed by atoms with E-state index in [1.165, 1.54) is 20.9 Å². The molecule has 0 heterocycles. The molecule has 0 bridgehead atoms. The van der Waals surface area contributed by atoms with Crippen molar-refractivity contribution in [1.29, 1.82) is 0 Å². The smallest absolute Gasteiger partial charge is 0.118 e. The van der Waals surface area contributed by atoms with Crippen molar-refractivity contribution in [3.8, 4) is 5.75 Å². The molecule has 0 unspecified atom stereocenters. The van der Waals surface area contributed by atoms with Crippen LogP contribution in [-0.2, 0) is 6.54 Å². The Labute approximate surface area is 131 Å². The predicted octanol–water partition coefficient (Wildman–Crippen LogP) is 4.65. The van der Waals surface area contributed by atoms with Gasteiger partial charge in [0.05, 0.1) is 7.11 Å². The minimum absolute atomic E-state index is 0.512. The lowest BCUT2D eigenvalue weighted by Crippen LogP contribution is -2.22. The molecule has 0 radical (unpaired) electrons. The second kappa shape index (κ2) is 7.53. The third-order valence-electron chi connectivity index (χ3n) is 3.31. The van der Waals surface area contributed by atoms with Gasteiger partial charge in [-0.2, -0.15) is 0 Å². The standard InChI is InChI=1S/C18H23NOS/c1-13(2)19-12-15-5-8-18(11-14(15)3)21-17-9-6-16(20-4)7-10-17/h5-11,13,19H,12H2,1-4H3. The van der Waals surface area contributed by atoms with Gasteiger partial charge in [-0.15, -0.1) is 0 Å². The first-order chi connectivity index (χ1) is 10.1. The number of methoxy groups -OCH3 is 1. The molecule has 2 rings (SSSR count). The summed E-state index contributed by atoms with van der Waals surface area (Å²) in [6.45, 7) is 7.44. The van der Waals surface area contributed by atoms with E-state index in [-0.39, 0.29) is 0 Å². The van der Waals surface area contributed by atoms with Crippen molar-refractivity contribution in [2.24, 2.45) is 0 Å². The average molecular weight is 301 g/mol. The number of benzene rings is 2. The maximum Gasteiger partial charge on any atom is 0.118 e.